The summed E-state index contributed by atoms with van der Waals surface area (Å²) in [7, 11) is 0. The van der Waals surface area contributed by atoms with Gasteiger partial charge in [-0.15, -0.1) is 0 Å². The van der Waals surface area contributed by atoms with Crippen LogP contribution in [0.4, 0.5) is 0 Å². The highest BCUT2D eigenvalue weighted by Crippen LogP contribution is 2.18. The van der Waals surface area contributed by atoms with Crippen LogP contribution in [0.3, 0.4) is 0 Å². The molecular formula is C13H18N4O2. The molecule has 6 nitrogen and oxygen atoms in total. The van der Waals surface area contributed by atoms with Gasteiger partial charge in [0.05, 0.1) is 6.54 Å². The zero-order chi connectivity index (χ0) is 13.9. The summed E-state index contributed by atoms with van der Waals surface area (Å²) in [5.74, 6) is 0.422. The molecule has 0 aliphatic carbocycles. The van der Waals surface area contributed by atoms with E-state index in [1.807, 2.05) is 6.92 Å². The second-order valence-electron chi connectivity index (χ2n) is 4.88. The molecule has 1 aromatic heterocycles. The number of carbonyl (C=O) groups is 2. The first-order valence-corrected chi connectivity index (χ1v) is 6.41. The summed E-state index contributed by atoms with van der Waals surface area (Å²) in [5, 5.41) is 2.80. The van der Waals surface area contributed by atoms with Crippen LogP contribution < -0.4 is 5.32 Å². The van der Waals surface area contributed by atoms with E-state index in [1.165, 1.54) is 0 Å². The molecule has 6 heteroatoms. The van der Waals surface area contributed by atoms with Crippen LogP contribution >= 0.6 is 0 Å². The van der Waals surface area contributed by atoms with Crippen molar-refractivity contribution in [3.8, 4) is 0 Å². The van der Waals surface area contributed by atoms with Crippen LogP contribution in [0.1, 0.15) is 32.5 Å². The Hall–Kier alpha value is -1.98. The van der Waals surface area contributed by atoms with E-state index in [9.17, 15) is 9.59 Å². The third-order valence-electron chi connectivity index (χ3n) is 3.44. The van der Waals surface area contributed by atoms with Crippen LogP contribution in [0.5, 0.6) is 0 Å². The third-order valence-corrected chi connectivity index (χ3v) is 3.44. The van der Waals surface area contributed by atoms with E-state index in [2.05, 4.69) is 15.3 Å². The number of hydrogen-bond acceptors (Lipinski definition) is 4. The van der Waals surface area contributed by atoms with Gasteiger partial charge in [0.2, 0.25) is 11.8 Å². The Bertz CT molecular complexity index is 477. The lowest BCUT2D eigenvalue weighted by Crippen LogP contribution is -2.54. The molecule has 0 bridgehead atoms. The van der Waals surface area contributed by atoms with E-state index in [1.54, 1.807) is 30.3 Å². The molecule has 2 rings (SSSR count). The SMILES string of the molecule is CCC1(C)NC(=O)CCN(Cc2ncccn2)C1=O. The van der Waals surface area contributed by atoms with Crippen molar-refractivity contribution in [1.82, 2.24) is 20.2 Å². The van der Waals surface area contributed by atoms with Crippen molar-refractivity contribution in [1.29, 1.82) is 0 Å². The number of nitrogens with zero attached hydrogens (tertiary/aromatic N) is 3. The fourth-order valence-electron chi connectivity index (χ4n) is 2.08. The van der Waals surface area contributed by atoms with E-state index in [0.717, 1.165) is 0 Å². The summed E-state index contributed by atoms with van der Waals surface area (Å²) in [6.07, 6.45) is 4.16. The first-order valence-electron chi connectivity index (χ1n) is 6.41. The quantitative estimate of drug-likeness (QED) is 0.860. The van der Waals surface area contributed by atoms with Crippen molar-refractivity contribution >= 4 is 11.8 Å². The third kappa shape index (κ3) is 2.89. The minimum Gasteiger partial charge on any atom is -0.342 e. The van der Waals surface area contributed by atoms with Crippen LogP contribution in [-0.4, -0.2) is 38.8 Å². The molecule has 0 aromatic carbocycles. The van der Waals surface area contributed by atoms with Gasteiger partial charge in [-0.3, -0.25) is 9.59 Å². The zero-order valence-corrected chi connectivity index (χ0v) is 11.2. The highest BCUT2D eigenvalue weighted by molar-refractivity contribution is 5.93. The first-order chi connectivity index (χ1) is 9.05. The number of nitrogens with one attached hydrogen (secondary N) is 1. The van der Waals surface area contributed by atoms with Crippen LogP contribution in [0.15, 0.2) is 18.5 Å². The number of amides is 2. The lowest BCUT2D eigenvalue weighted by atomic mass is 9.97. The number of hydrogen-bond donors (Lipinski definition) is 1. The first kappa shape index (κ1) is 13.5. The molecule has 1 N–H and O–H groups in total. The summed E-state index contributed by atoms with van der Waals surface area (Å²) in [6, 6.07) is 1.73. The van der Waals surface area contributed by atoms with Crippen LogP contribution in [0, 0.1) is 0 Å². The number of aromatic nitrogens is 2. The van der Waals surface area contributed by atoms with Crippen molar-refractivity contribution in [2.45, 2.75) is 38.8 Å². The predicted octanol–water partition coefficient (Wildman–Crippen LogP) is 0.494. The summed E-state index contributed by atoms with van der Waals surface area (Å²) in [6.45, 7) is 4.39. The summed E-state index contributed by atoms with van der Waals surface area (Å²) in [5.41, 5.74) is -0.831. The average molecular weight is 262 g/mol. The molecule has 1 saturated heterocycles. The molecule has 2 heterocycles. The topological polar surface area (TPSA) is 75.2 Å². The summed E-state index contributed by atoms with van der Waals surface area (Å²) < 4.78 is 0. The molecule has 0 radical (unpaired) electrons. The van der Waals surface area contributed by atoms with Gasteiger partial charge in [0.15, 0.2) is 0 Å². The van der Waals surface area contributed by atoms with Gasteiger partial charge in [-0.05, 0) is 19.4 Å². The lowest BCUT2D eigenvalue weighted by molar-refractivity contribution is -0.138. The molecule has 1 aliphatic heterocycles. The molecule has 1 atom stereocenters. The predicted molar refractivity (Wildman–Crippen MR) is 68.9 cm³/mol. The van der Waals surface area contributed by atoms with Crippen molar-refractivity contribution < 1.29 is 9.59 Å². The molecule has 1 aromatic rings. The molecule has 0 saturated carbocycles. The van der Waals surface area contributed by atoms with E-state index < -0.39 is 5.54 Å². The van der Waals surface area contributed by atoms with Gasteiger partial charge in [0.25, 0.3) is 0 Å². The second-order valence-corrected chi connectivity index (χ2v) is 4.88. The maximum atomic E-state index is 12.5. The van der Waals surface area contributed by atoms with Crippen LogP contribution in [0.25, 0.3) is 0 Å². The lowest BCUT2D eigenvalue weighted by Gasteiger charge is -2.30. The Morgan fingerprint density at radius 3 is 2.68 bits per heavy atom. The number of carbonyl (C=O) groups excluding carboxylic acids is 2. The van der Waals surface area contributed by atoms with Gasteiger partial charge in [0.1, 0.15) is 11.4 Å². The van der Waals surface area contributed by atoms with E-state index in [-0.39, 0.29) is 11.8 Å². The monoisotopic (exact) mass is 262 g/mol. The number of rotatable bonds is 3. The van der Waals surface area contributed by atoms with Crippen molar-refractivity contribution in [2.75, 3.05) is 6.54 Å². The van der Waals surface area contributed by atoms with Gasteiger partial charge >= 0.3 is 0 Å². The van der Waals surface area contributed by atoms with Gasteiger partial charge < -0.3 is 10.2 Å². The molecule has 2 amide bonds. The van der Waals surface area contributed by atoms with Crippen LogP contribution in [0.2, 0.25) is 0 Å². The Labute approximate surface area is 112 Å². The average Bonchev–Trinajstić information content (AvgIpc) is 2.52. The minimum absolute atomic E-state index is 0.0756. The zero-order valence-electron chi connectivity index (χ0n) is 11.2. The fraction of sp³-hybridized carbons (Fsp3) is 0.538. The normalized spacial score (nSPS) is 24.0. The maximum absolute atomic E-state index is 12.5. The Kier molecular flexibility index (Phi) is 3.78. The summed E-state index contributed by atoms with van der Waals surface area (Å²) in [4.78, 5) is 34.1. The molecule has 1 unspecified atom stereocenters. The van der Waals surface area contributed by atoms with Gasteiger partial charge in [0, 0.05) is 25.4 Å². The highest BCUT2D eigenvalue weighted by Gasteiger charge is 2.39. The molecule has 1 aliphatic rings. The molecular weight excluding hydrogens is 244 g/mol. The van der Waals surface area contributed by atoms with Gasteiger partial charge in [-0.2, -0.15) is 0 Å². The molecule has 19 heavy (non-hydrogen) atoms. The summed E-state index contributed by atoms with van der Waals surface area (Å²) >= 11 is 0. The molecule has 0 spiro atoms. The molecule has 1 fully saturated rings. The van der Waals surface area contributed by atoms with Gasteiger partial charge in [-0.1, -0.05) is 6.92 Å². The second kappa shape index (κ2) is 5.34. The Balaban J connectivity index is 2.20. The molecule has 102 valence electrons. The smallest absolute Gasteiger partial charge is 0.248 e. The highest BCUT2D eigenvalue weighted by atomic mass is 16.2. The van der Waals surface area contributed by atoms with E-state index in [0.29, 0.717) is 31.8 Å². The fourth-order valence-corrected chi connectivity index (χ4v) is 2.08. The van der Waals surface area contributed by atoms with E-state index >= 15 is 0 Å². The largest absolute Gasteiger partial charge is 0.342 e. The standard InChI is InChI=1S/C13H18N4O2/c1-3-13(2)12(19)17(8-5-11(18)16-13)9-10-14-6-4-7-15-10/h4,6-7H,3,5,8-9H2,1-2H3,(H,16,18). The maximum Gasteiger partial charge on any atom is 0.248 e. The van der Waals surface area contributed by atoms with Crippen molar-refractivity contribution in [3.05, 3.63) is 24.3 Å². The van der Waals surface area contributed by atoms with E-state index in [4.69, 9.17) is 0 Å². The van der Waals surface area contributed by atoms with Crippen LogP contribution in [-0.2, 0) is 16.1 Å². The van der Waals surface area contributed by atoms with Crippen molar-refractivity contribution in [2.24, 2.45) is 0 Å². The Morgan fingerprint density at radius 2 is 2.05 bits per heavy atom. The Morgan fingerprint density at radius 1 is 1.37 bits per heavy atom. The van der Waals surface area contributed by atoms with Crippen molar-refractivity contribution in [3.63, 3.8) is 0 Å². The minimum atomic E-state index is -0.831. The van der Waals surface area contributed by atoms with Gasteiger partial charge in [-0.25, -0.2) is 9.97 Å².